The zero-order valence-electron chi connectivity index (χ0n) is 11.2. The van der Waals surface area contributed by atoms with Crippen LogP contribution < -0.4 is 5.32 Å². The van der Waals surface area contributed by atoms with E-state index in [1.54, 1.807) is 0 Å². The van der Waals surface area contributed by atoms with Gasteiger partial charge in [0.05, 0.1) is 0 Å². The van der Waals surface area contributed by atoms with Gasteiger partial charge >= 0.3 is 0 Å². The number of piperidine rings is 1. The fraction of sp³-hybridized carbons (Fsp3) is 0.714. The number of thiophene rings is 1. The summed E-state index contributed by atoms with van der Waals surface area (Å²) in [5, 5.41) is 3.69. The average molecular weight is 252 g/mol. The first kappa shape index (κ1) is 13.1. The predicted octanol–water partition coefficient (Wildman–Crippen LogP) is 2.88. The van der Waals surface area contributed by atoms with Crippen LogP contribution in [0.3, 0.4) is 0 Å². The van der Waals surface area contributed by atoms with Gasteiger partial charge in [-0.05, 0) is 64.9 Å². The minimum Gasteiger partial charge on any atom is -0.309 e. The fourth-order valence-electron chi connectivity index (χ4n) is 2.54. The number of hydrogen-bond donors (Lipinski definition) is 1. The van der Waals surface area contributed by atoms with Crippen LogP contribution in [0.5, 0.6) is 0 Å². The van der Waals surface area contributed by atoms with Crippen LogP contribution in [0.4, 0.5) is 0 Å². The average Bonchev–Trinajstić information content (AvgIpc) is 2.73. The molecule has 17 heavy (non-hydrogen) atoms. The zero-order valence-corrected chi connectivity index (χ0v) is 12.0. The van der Waals surface area contributed by atoms with Crippen LogP contribution >= 0.6 is 11.3 Å². The van der Waals surface area contributed by atoms with Gasteiger partial charge in [0.1, 0.15) is 0 Å². The highest BCUT2D eigenvalue weighted by Crippen LogP contribution is 2.21. The molecule has 1 aliphatic rings. The van der Waals surface area contributed by atoms with Crippen molar-refractivity contribution in [3.8, 4) is 0 Å². The van der Waals surface area contributed by atoms with E-state index in [2.05, 4.69) is 43.2 Å². The quantitative estimate of drug-likeness (QED) is 0.886. The lowest BCUT2D eigenvalue weighted by molar-refractivity contribution is 0.189. The summed E-state index contributed by atoms with van der Waals surface area (Å²) in [5.74, 6) is 0.854. The number of hydrogen-bond acceptors (Lipinski definition) is 3. The molecule has 0 aliphatic carbocycles. The summed E-state index contributed by atoms with van der Waals surface area (Å²) in [4.78, 5) is 5.31. The Kier molecular flexibility index (Phi) is 4.60. The number of rotatable bonds is 4. The summed E-state index contributed by atoms with van der Waals surface area (Å²) in [6.07, 6.45) is 2.68. The highest BCUT2D eigenvalue weighted by atomic mass is 32.1. The van der Waals surface area contributed by atoms with Crippen LogP contribution in [0.25, 0.3) is 0 Å². The third-order valence-electron chi connectivity index (χ3n) is 3.86. The molecule has 2 rings (SSSR count). The third-order valence-corrected chi connectivity index (χ3v) is 4.87. The van der Waals surface area contributed by atoms with Crippen LogP contribution in [0, 0.1) is 12.8 Å². The second-order valence-corrected chi connectivity index (χ2v) is 6.70. The Hall–Kier alpha value is -0.380. The molecule has 2 heterocycles. The summed E-state index contributed by atoms with van der Waals surface area (Å²) in [6, 6.07) is 5.10. The second-order valence-electron chi connectivity index (χ2n) is 5.32. The van der Waals surface area contributed by atoms with Crippen molar-refractivity contribution in [1.82, 2.24) is 10.2 Å². The van der Waals surface area contributed by atoms with Crippen LogP contribution in [0.2, 0.25) is 0 Å². The SMILES string of the molecule is Cc1ccc(CNC(C)C2CCN(C)CC2)s1. The second kappa shape index (κ2) is 5.98. The molecule has 1 aromatic rings. The Morgan fingerprint density at radius 1 is 1.41 bits per heavy atom. The van der Waals surface area contributed by atoms with Gasteiger partial charge in [-0.25, -0.2) is 0 Å². The highest BCUT2D eigenvalue weighted by molar-refractivity contribution is 7.11. The van der Waals surface area contributed by atoms with E-state index in [1.165, 1.54) is 35.7 Å². The molecule has 0 aromatic carbocycles. The van der Waals surface area contributed by atoms with Crippen LogP contribution in [-0.4, -0.2) is 31.1 Å². The molecule has 1 fully saturated rings. The van der Waals surface area contributed by atoms with Crippen LogP contribution in [-0.2, 0) is 6.54 Å². The van der Waals surface area contributed by atoms with Gasteiger partial charge in [0.2, 0.25) is 0 Å². The molecule has 0 saturated carbocycles. The van der Waals surface area contributed by atoms with E-state index in [9.17, 15) is 0 Å². The van der Waals surface area contributed by atoms with Crippen molar-refractivity contribution in [2.45, 2.75) is 39.3 Å². The molecule has 1 saturated heterocycles. The van der Waals surface area contributed by atoms with Crippen LogP contribution in [0.15, 0.2) is 12.1 Å². The predicted molar refractivity (Wildman–Crippen MR) is 75.6 cm³/mol. The molecule has 1 aliphatic heterocycles. The molecule has 0 bridgehead atoms. The number of likely N-dealkylation sites (tertiary alicyclic amines) is 1. The molecule has 96 valence electrons. The van der Waals surface area contributed by atoms with E-state index in [0.29, 0.717) is 6.04 Å². The Balaban J connectivity index is 1.75. The van der Waals surface area contributed by atoms with E-state index < -0.39 is 0 Å². The van der Waals surface area contributed by atoms with Gasteiger partial charge < -0.3 is 10.2 Å². The first-order valence-corrected chi connectivity index (χ1v) is 7.44. The first-order chi connectivity index (χ1) is 8.15. The Morgan fingerprint density at radius 2 is 2.12 bits per heavy atom. The fourth-order valence-corrected chi connectivity index (χ4v) is 3.38. The molecule has 2 nitrogen and oxygen atoms in total. The Labute approximate surface area is 109 Å². The standard InChI is InChI=1S/C14H24N2S/c1-11-4-5-14(17-11)10-15-12(2)13-6-8-16(3)9-7-13/h4-5,12-13,15H,6-10H2,1-3H3. The maximum absolute atomic E-state index is 3.69. The van der Waals surface area contributed by atoms with E-state index in [1.807, 2.05) is 11.3 Å². The van der Waals surface area contributed by atoms with Crippen molar-refractivity contribution in [1.29, 1.82) is 0 Å². The van der Waals surface area contributed by atoms with Gasteiger partial charge in [-0.1, -0.05) is 0 Å². The maximum Gasteiger partial charge on any atom is 0.0302 e. The molecular formula is C14H24N2S. The summed E-state index contributed by atoms with van der Waals surface area (Å²) >= 11 is 1.91. The summed E-state index contributed by atoms with van der Waals surface area (Å²) < 4.78 is 0. The molecule has 1 atom stereocenters. The van der Waals surface area contributed by atoms with Crippen molar-refractivity contribution in [3.63, 3.8) is 0 Å². The third kappa shape index (κ3) is 3.80. The normalized spacial score (nSPS) is 20.6. The molecule has 1 unspecified atom stereocenters. The summed E-state index contributed by atoms with van der Waals surface area (Å²) in [5.41, 5.74) is 0. The summed E-state index contributed by atoms with van der Waals surface area (Å²) in [7, 11) is 2.22. The van der Waals surface area contributed by atoms with Crippen molar-refractivity contribution in [2.75, 3.05) is 20.1 Å². The molecule has 0 spiro atoms. The smallest absolute Gasteiger partial charge is 0.0302 e. The van der Waals surface area contributed by atoms with Gasteiger partial charge in [-0.3, -0.25) is 0 Å². The molecule has 1 aromatic heterocycles. The lowest BCUT2D eigenvalue weighted by atomic mass is 9.90. The largest absolute Gasteiger partial charge is 0.309 e. The van der Waals surface area contributed by atoms with E-state index >= 15 is 0 Å². The summed E-state index contributed by atoms with van der Waals surface area (Å²) in [6.45, 7) is 8.07. The van der Waals surface area contributed by atoms with Gasteiger partial charge in [0, 0.05) is 22.3 Å². The number of nitrogens with one attached hydrogen (secondary N) is 1. The minimum absolute atomic E-state index is 0.645. The van der Waals surface area contributed by atoms with E-state index in [-0.39, 0.29) is 0 Å². The Bertz CT molecular complexity index is 340. The van der Waals surface area contributed by atoms with Crippen molar-refractivity contribution in [2.24, 2.45) is 5.92 Å². The number of nitrogens with zero attached hydrogens (tertiary/aromatic N) is 1. The van der Waals surface area contributed by atoms with Gasteiger partial charge in [-0.15, -0.1) is 11.3 Å². The molecule has 0 radical (unpaired) electrons. The topological polar surface area (TPSA) is 15.3 Å². The van der Waals surface area contributed by atoms with Gasteiger partial charge in [0.15, 0.2) is 0 Å². The lowest BCUT2D eigenvalue weighted by Gasteiger charge is -2.33. The monoisotopic (exact) mass is 252 g/mol. The van der Waals surface area contributed by atoms with E-state index in [4.69, 9.17) is 0 Å². The molecule has 0 amide bonds. The van der Waals surface area contributed by atoms with Crippen LogP contribution in [0.1, 0.15) is 29.5 Å². The first-order valence-electron chi connectivity index (χ1n) is 6.62. The van der Waals surface area contributed by atoms with Gasteiger partial charge in [-0.2, -0.15) is 0 Å². The van der Waals surface area contributed by atoms with Crippen molar-refractivity contribution >= 4 is 11.3 Å². The van der Waals surface area contributed by atoms with E-state index in [0.717, 1.165) is 12.5 Å². The van der Waals surface area contributed by atoms with Crippen molar-refractivity contribution in [3.05, 3.63) is 21.9 Å². The molecular weight excluding hydrogens is 228 g/mol. The molecule has 1 N–H and O–H groups in total. The van der Waals surface area contributed by atoms with Gasteiger partial charge in [0.25, 0.3) is 0 Å². The maximum atomic E-state index is 3.69. The number of aryl methyl sites for hydroxylation is 1. The lowest BCUT2D eigenvalue weighted by Crippen LogP contribution is -2.40. The Morgan fingerprint density at radius 3 is 2.71 bits per heavy atom. The highest BCUT2D eigenvalue weighted by Gasteiger charge is 2.21. The minimum atomic E-state index is 0.645. The van der Waals surface area contributed by atoms with Crippen molar-refractivity contribution < 1.29 is 0 Å². The zero-order chi connectivity index (χ0) is 12.3. The molecule has 3 heteroatoms.